The normalized spacial score (nSPS) is 13.4. The van der Waals surface area contributed by atoms with Crippen molar-refractivity contribution in [2.24, 2.45) is 5.92 Å². The first-order chi connectivity index (χ1) is 9.27. The maximum absolute atomic E-state index is 11.6. The number of amides is 3. The van der Waals surface area contributed by atoms with Crippen LogP contribution < -0.4 is 16.0 Å². The third kappa shape index (κ3) is 7.60. The monoisotopic (exact) mass is 287 g/mol. The average molecular weight is 287 g/mol. The van der Waals surface area contributed by atoms with E-state index in [2.05, 4.69) is 16.0 Å². The second-order valence-electron chi connectivity index (χ2n) is 5.07. The highest BCUT2D eigenvalue weighted by Gasteiger charge is 2.25. The molecule has 4 N–H and O–H groups in total. The molecule has 0 aliphatic rings. The number of carbonyl (C=O) groups is 3. The van der Waals surface area contributed by atoms with Crippen molar-refractivity contribution in [1.29, 1.82) is 0 Å². The summed E-state index contributed by atoms with van der Waals surface area (Å²) >= 11 is 0. The topological polar surface area (TPSA) is 108 Å². The van der Waals surface area contributed by atoms with E-state index in [1.54, 1.807) is 6.92 Å². The van der Waals surface area contributed by atoms with Crippen molar-refractivity contribution in [3.63, 3.8) is 0 Å². The number of hydrogen-bond acceptors (Lipinski definition) is 3. The fourth-order valence-electron chi connectivity index (χ4n) is 1.56. The first kappa shape index (κ1) is 18.2. The molecule has 2 atom stereocenters. The molecule has 0 aromatic rings. The van der Waals surface area contributed by atoms with Crippen molar-refractivity contribution in [2.45, 2.75) is 52.6 Å². The standard InChI is InChI=1S/C13H25N3O4/c1-5-9(4)11(12(18)19)16-13(20)14-7-6-10(17)15-8(2)3/h8-9,11H,5-7H2,1-4H3,(H,15,17)(H,18,19)(H2,14,16,20). The molecule has 0 aliphatic carbocycles. The van der Waals surface area contributed by atoms with Crippen LogP contribution in [-0.4, -0.2) is 41.6 Å². The van der Waals surface area contributed by atoms with Gasteiger partial charge in [0.25, 0.3) is 0 Å². The Balaban J connectivity index is 4.09. The van der Waals surface area contributed by atoms with E-state index in [4.69, 9.17) is 5.11 Å². The summed E-state index contributed by atoms with van der Waals surface area (Å²) in [5.74, 6) is -1.38. The fourth-order valence-corrected chi connectivity index (χ4v) is 1.56. The van der Waals surface area contributed by atoms with Gasteiger partial charge < -0.3 is 21.1 Å². The Morgan fingerprint density at radius 3 is 2.15 bits per heavy atom. The third-order valence-corrected chi connectivity index (χ3v) is 2.85. The molecule has 7 nitrogen and oxygen atoms in total. The van der Waals surface area contributed by atoms with Gasteiger partial charge in [-0.2, -0.15) is 0 Å². The zero-order valence-corrected chi connectivity index (χ0v) is 12.5. The van der Waals surface area contributed by atoms with Crippen LogP contribution in [0, 0.1) is 5.92 Å². The molecule has 0 bridgehead atoms. The molecule has 0 radical (unpaired) electrons. The molecule has 116 valence electrons. The minimum absolute atomic E-state index is 0.0538. The van der Waals surface area contributed by atoms with E-state index in [0.29, 0.717) is 6.42 Å². The van der Waals surface area contributed by atoms with Gasteiger partial charge >= 0.3 is 12.0 Å². The van der Waals surface area contributed by atoms with Gasteiger partial charge in [0, 0.05) is 19.0 Å². The number of aliphatic carboxylic acids is 1. The minimum Gasteiger partial charge on any atom is -0.480 e. The molecule has 0 aliphatic heterocycles. The van der Waals surface area contributed by atoms with E-state index in [0.717, 1.165) is 0 Å². The number of carboxylic acids is 1. The quantitative estimate of drug-likeness (QED) is 0.527. The van der Waals surface area contributed by atoms with Crippen molar-refractivity contribution in [2.75, 3.05) is 6.54 Å². The largest absolute Gasteiger partial charge is 0.480 e. The first-order valence-electron chi connectivity index (χ1n) is 6.84. The molecule has 3 amide bonds. The Morgan fingerprint density at radius 2 is 1.70 bits per heavy atom. The molecule has 7 heteroatoms. The Morgan fingerprint density at radius 1 is 1.10 bits per heavy atom. The van der Waals surface area contributed by atoms with E-state index >= 15 is 0 Å². The predicted octanol–water partition coefficient (Wildman–Crippen LogP) is 0.700. The van der Waals surface area contributed by atoms with Crippen LogP contribution in [0.15, 0.2) is 0 Å². The number of nitrogens with one attached hydrogen (secondary N) is 3. The SMILES string of the molecule is CCC(C)C(NC(=O)NCCC(=O)NC(C)C)C(=O)O. The van der Waals surface area contributed by atoms with Crippen LogP contribution in [-0.2, 0) is 9.59 Å². The Hall–Kier alpha value is -1.79. The molecule has 20 heavy (non-hydrogen) atoms. The maximum Gasteiger partial charge on any atom is 0.326 e. The zero-order chi connectivity index (χ0) is 15.7. The predicted molar refractivity (Wildman–Crippen MR) is 75.3 cm³/mol. The van der Waals surface area contributed by atoms with Gasteiger partial charge in [0.15, 0.2) is 0 Å². The lowest BCUT2D eigenvalue weighted by atomic mass is 9.99. The van der Waals surface area contributed by atoms with E-state index in [1.807, 2.05) is 20.8 Å². The molecular weight excluding hydrogens is 262 g/mol. The smallest absolute Gasteiger partial charge is 0.326 e. The van der Waals surface area contributed by atoms with Gasteiger partial charge in [0.1, 0.15) is 6.04 Å². The number of carboxylic acid groups (broad SMARTS) is 1. The molecule has 0 aromatic heterocycles. The lowest BCUT2D eigenvalue weighted by Crippen LogP contribution is -2.49. The molecule has 0 spiro atoms. The molecule has 0 fully saturated rings. The van der Waals surface area contributed by atoms with Crippen molar-refractivity contribution in [1.82, 2.24) is 16.0 Å². The lowest BCUT2D eigenvalue weighted by molar-refractivity contribution is -0.140. The first-order valence-corrected chi connectivity index (χ1v) is 6.84. The van der Waals surface area contributed by atoms with Gasteiger partial charge in [-0.3, -0.25) is 4.79 Å². The highest BCUT2D eigenvalue weighted by Crippen LogP contribution is 2.07. The van der Waals surface area contributed by atoms with Gasteiger partial charge in [0.2, 0.25) is 5.91 Å². The zero-order valence-electron chi connectivity index (χ0n) is 12.5. The van der Waals surface area contributed by atoms with E-state index in [-0.39, 0.29) is 30.8 Å². The molecule has 2 unspecified atom stereocenters. The number of urea groups is 1. The summed E-state index contributed by atoms with van der Waals surface area (Å²) in [5, 5.41) is 16.6. The van der Waals surface area contributed by atoms with Crippen molar-refractivity contribution >= 4 is 17.9 Å². The fraction of sp³-hybridized carbons (Fsp3) is 0.769. The molecule has 0 saturated carbocycles. The summed E-state index contributed by atoms with van der Waals surface area (Å²) in [4.78, 5) is 33.9. The van der Waals surface area contributed by atoms with Crippen LogP contribution in [0.1, 0.15) is 40.5 Å². The average Bonchev–Trinajstić information content (AvgIpc) is 2.33. The molecule has 0 aromatic carbocycles. The van der Waals surface area contributed by atoms with Crippen LogP contribution in [0.25, 0.3) is 0 Å². The second-order valence-corrected chi connectivity index (χ2v) is 5.07. The minimum atomic E-state index is -1.06. The number of rotatable bonds is 8. The number of carbonyl (C=O) groups excluding carboxylic acids is 2. The summed E-state index contributed by atoms with van der Waals surface area (Å²) in [6.07, 6.45) is 0.806. The van der Waals surface area contributed by atoms with Crippen LogP contribution in [0.3, 0.4) is 0 Å². The van der Waals surface area contributed by atoms with Gasteiger partial charge in [-0.15, -0.1) is 0 Å². The second kappa shape index (κ2) is 9.17. The summed E-state index contributed by atoms with van der Waals surface area (Å²) in [6.45, 7) is 7.48. The van der Waals surface area contributed by atoms with Crippen LogP contribution in [0.4, 0.5) is 4.79 Å². The molecular formula is C13H25N3O4. The Labute approximate surface area is 119 Å². The molecule has 0 rings (SSSR count). The summed E-state index contributed by atoms with van der Waals surface area (Å²) < 4.78 is 0. The summed E-state index contributed by atoms with van der Waals surface area (Å²) in [5.41, 5.74) is 0. The third-order valence-electron chi connectivity index (χ3n) is 2.85. The molecule has 0 saturated heterocycles. The van der Waals surface area contributed by atoms with Crippen molar-refractivity contribution < 1.29 is 19.5 Å². The summed E-state index contributed by atoms with van der Waals surface area (Å²) in [7, 11) is 0. The van der Waals surface area contributed by atoms with Crippen molar-refractivity contribution in [3.8, 4) is 0 Å². The van der Waals surface area contributed by atoms with Crippen LogP contribution >= 0.6 is 0 Å². The Kier molecular flexibility index (Phi) is 8.35. The lowest BCUT2D eigenvalue weighted by Gasteiger charge is -2.20. The highest BCUT2D eigenvalue weighted by molar-refractivity contribution is 5.83. The van der Waals surface area contributed by atoms with Gasteiger partial charge in [0.05, 0.1) is 0 Å². The van der Waals surface area contributed by atoms with E-state index < -0.39 is 18.0 Å². The Bertz CT molecular complexity index is 345. The maximum atomic E-state index is 11.6. The van der Waals surface area contributed by atoms with Crippen molar-refractivity contribution in [3.05, 3.63) is 0 Å². The van der Waals surface area contributed by atoms with E-state index in [1.165, 1.54) is 0 Å². The summed E-state index contributed by atoms with van der Waals surface area (Å²) in [6, 6.07) is -1.45. The number of hydrogen-bond donors (Lipinski definition) is 4. The van der Waals surface area contributed by atoms with Gasteiger partial charge in [-0.05, 0) is 19.8 Å². The van der Waals surface area contributed by atoms with E-state index in [9.17, 15) is 14.4 Å². The molecule has 0 heterocycles. The highest BCUT2D eigenvalue weighted by atomic mass is 16.4. The van der Waals surface area contributed by atoms with Crippen LogP contribution in [0.5, 0.6) is 0 Å². The van der Waals surface area contributed by atoms with Gasteiger partial charge in [-0.25, -0.2) is 9.59 Å². The van der Waals surface area contributed by atoms with Gasteiger partial charge in [-0.1, -0.05) is 20.3 Å². The van der Waals surface area contributed by atoms with Crippen LogP contribution in [0.2, 0.25) is 0 Å².